The molecule has 0 saturated heterocycles. The van der Waals surface area contributed by atoms with E-state index in [-0.39, 0.29) is 11.6 Å². The van der Waals surface area contributed by atoms with Gasteiger partial charge in [0.15, 0.2) is 10.9 Å². The number of aromatic nitrogens is 5. The maximum Gasteiger partial charge on any atom is 0.229 e. The molecule has 4 rings (SSSR count). The molecule has 1 aliphatic rings. The Bertz CT molecular complexity index is 876. The number of thiazole rings is 1. The summed E-state index contributed by atoms with van der Waals surface area (Å²) in [6.45, 7) is 4.21. The average Bonchev–Trinajstić information content (AvgIpc) is 3.13. The van der Waals surface area contributed by atoms with Gasteiger partial charge in [-0.25, -0.2) is 19.3 Å². The zero-order valence-corrected chi connectivity index (χ0v) is 13.2. The van der Waals surface area contributed by atoms with E-state index in [1.54, 1.807) is 13.1 Å². The normalized spacial score (nSPS) is 16.2. The molecule has 1 aliphatic heterocycles. The molecule has 0 fully saturated rings. The fraction of sp³-hybridized carbons (Fsp3) is 0.286. The van der Waals surface area contributed by atoms with Crippen LogP contribution in [0.2, 0.25) is 0 Å². The summed E-state index contributed by atoms with van der Waals surface area (Å²) in [5.74, 6) is 0.0767. The standard InChI is InChI=1S/C14H13FN6OS/c1-6-5-22-12-11(8-3-17-21-10(6)8)19-14(23-12)20-13-16-4-9(15)7(2)18-13/h3-4,6H,5H2,1-2H3,(H,17,21)(H,16,18,19,20). The van der Waals surface area contributed by atoms with E-state index in [0.717, 1.165) is 28.2 Å². The Balaban J connectivity index is 1.69. The third kappa shape index (κ3) is 2.42. The van der Waals surface area contributed by atoms with Gasteiger partial charge in [-0.05, 0) is 6.92 Å². The molecule has 9 heteroatoms. The van der Waals surface area contributed by atoms with Crippen molar-refractivity contribution in [1.29, 1.82) is 0 Å². The van der Waals surface area contributed by atoms with Crippen molar-refractivity contribution in [3.8, 4) is 16.3 Å². The molecule has 3 aromatic heterocycles. The number of fused-ring (bicyclic) bond motifs is 3. The van der Waals surface area contributed by atoms with Crippen LogP contribution in [0.25, 0.3) is 11.3 Å². The minimum atomic E-state index is -0.439. The van der Waals surface area contributed by atoms with E-state index >= 15 is 0 Å². The van der Waals surface area contributed by atoms with E-state index in [2.05, 4.69) is 37.4 Å². The average molecular weight is 332 g/mol. The van der Waals surface area contributed by atoms with Crippen LogP contribution in [-0.2, 0) is 0 Å². The molecule has 1 atom stereocenters. The lowest BCUT2D eigenvalue weighted by Gasteiger charge is -2.07. The van der Waals surface area contributed by atoms with E-state index in [9.17, 15) is 4.39 Å². The summed E-state index contributed by atoms with van der Waals surface area (Å²) >= 11 is 1.36. The predicted molar refractivity (Wildman–Crippen MR) is 83.6 cm³/mol. The fourth-order valence-electron chi connectivity index (χ4n) is 2.38. The Morgan fingerprint density at radius 2 is 2.26 bits per heavy atom. The van der Waals surface area contributed by atoms with Crippen LogP contribution in [0, 0.1) is 12.7 Å². The number of aromatic amines is 1. The van der Waals surface area contributed by atoms with Crippen molar-refractivity contribution < 1.29 is 9.13 Å². The van der Waals surface area contributed by atoms with Crippen molar-refractivity contribution in [2.45, 2.75) is 19.8 Å². The lowest BCUT2D eigenvalue weighted by molar-refractivity contribution is 0.306. The number of anilines is 2. The molecule has 0 radical (unpaired) electrons. The van der Waals surface area contributed by atoms with E-state index in [4.69, 9.17) is 4.74 Å². The summed E-state index contributed by atoms with van der Waals surface area (Å²) < 4.78 is 19.1. The van der Waals surface area contributed by atoms with Crippen molar-refractivity contribution in [3.05, 3.63) is 29.6 Å². The summed E-state index contributed by atoms with van der Waals surface area (Å²) in [5.41, 5.74) is 2.97. The van der Waals surface area contributed by atoms with Crippen molar-refractivity contribution >= 4 is 22.4 Å². The highest BCUT2D eigenvalue weighted by Crippen LogP contribution is 2.43. The van der Waals surface area contributed by atoms with Gasteiger partial charge in [-0.3, -0.25) is 10.4 Å². The molecule has 4 heterocycles. The fourth-order valence-corrected chi connectivity index (χ4v) is 3.21. The van der Waals surface area contributed by atoms with Gasteiger partial charge in [-0.1, -0.05) is 18.3 Å². The summed E-state index contributed by atoms with van der Waals surface area (Å²) in [4.78, 5) is 12.5. The van der Waals surface area contributed by atoms with Crippen LogP contribution in [0.3, 0.4) is 0 Å². The Labute approximate surface area is 135 Å². The molecule has 0 saturated carbocycles. The second-order valence-electron chi connectivity index (χ2n) is 5.32. The zero-order chi connectivity index (χ0) is 16.0. The first-order valence-corrected chi connectivity index (χ1v) is 7.87. The van der Waals surface area contributed by atoms with Crippen LogP contribution in [0.4, 0.5) is 15.5 Å². The van der Waals surface area contributed by atoms with Gasteiger partial charge in [-0.2, -0.15) is 5.10 Å². The van der Waals surface area contributed by atoms with Gasteiger partial charge in [-0.15, -0.1) is 0 Å². The maximum absolute atomic E-state index is 13.2. The SMILES string of the molecule is Cc1nc(Nc2nc3c(s2)OCC(C)c2[nH]ncc2-3)ncc1F. The molecule has 0 bridgehead atoms. The Morgan fingerprint density at radius 1 is 1.39 bits per heavy atom. The number of nitrogens with one attached hydrogen (secondary N) is 2. The molecule has 0 spiro atoms. The number of halogens is 1. The number of nitrogens with zero attached hydrogens (tertiary/aromatic N) is 4. The first-order valence-electron chi connectivity index (χ1n) is 7.05. The number of hydrogen-bond donors (Lipinski definition) is 2. The van der Waals surface area contributed by atoms with Crippen LogP contribution in [-0.4, -0.2) is 31.8 Å². The van der Waals surface area contributed by atoms with Crippen LogP contribution < -0.4 is 10.1 Å². The van der Waals surface area contributed by atoms with Crippen molar-refractivity contribution in [1.82, 2.24) is 25.1 Å². The van der Waals surface area contributed by atoms with E-state index in [1.807, 2.05) is 0 Å². The van der Waals surface area contributed by atoms with Gasteiger partial charge in [0.1, 0.15) is 5.69 Å². The van der Waals surface area contributed by atoms with Crippen molar-refractivity contribution in [2.75, 3.05) is 11.9 Å². The lowest BCUT2D eigenvalue weighted by Crippen LogP contribution is -2.05. The maximum atomic E-state index is 13.2. The number of H-pyrrole nitrogens is 1. The lowest BCUT2D eigenvalue weighted by atomic mass is 10.0. The largest absolute Gasteiger partial charge is 0.482 e. The van der Waals surface area contributed by atoms with Gasteiger partial charge in [0, 0.05) is 11.5 Å². The van der Waals surface area contributed by atoms with Gasteiger partial charge in [0.05, 0.1) is 30.4 Å². The molecule has 7 nitrogen and oxygen atoms in total. The molecule has 0 amide bonds. The third-order valence-electron chi connectivity index (χ3n) is 3.62. The van der Waals surface area contributed by atoms with Crippen molar-refractivity contribution in [3.63, 3.8) is 0 Å². The number of aryl methyl sites for hydroxylation is 1. The second kappa shape index (κ2) is 5.27. The molecule has 2 N–H and O–H groups in total. The van der Waals surface area contributed by atoms with Crippen LogP contribution in [0.5, 0.6) is 5.06 Å². The topological polar surface area (TPSA) is 88.6 Å². The minimum absolute atomic E-state index is 0.216. The monoisotopic (exact) mass is 332 g/mol. The molecule has 1 unspecified atom stereocenters. The summed E-state index contributed by atoms with van der Waals surface area (Å²) in [6.07, 6.45) is 2.89. The highest BCUT2D eigenvalue weighted by atomic mass is 32.1. The predicted octanol–water partition coefficient (Wildman–Crippen LogP) is 3.01. The molecule has 23 heavy (non-hydrogen) atoms. The zero-order valence-electron chi connectivity index (χ0n) is 12.4. The Hall–Kier alpha value is -2.55. The molecule has 3 aromatic rings. The number of ether oxygens (including phenoxy) is 1. The second-order valence-corrected chi connectivity index (χ2v) is 6.28. The van der Waals surface area contributed by atoms with E-state index in [1.165, 1.54) is 11.3 Å². The van der Waals surface area contributed by atoms with Crippen LogP contribution in [0.1, 0.15) is 24.2 Å². The quantitative estimate of drug-likeness (QED) is 0.750. The molecular formula is C14H13FN6OS. The Kier molecular flexibility index (Phi) is 3.22. The van der Waals surface area contributed by atoms with E-state index in [0.29, 0.717) is 17.7 Å². The van der Waals surface area contributed by atoms with Gasteiger partial charge in [0.25, 0.3) is 0 Å². The van der Waals surface area contributed by atoms with Crippen LogP contribution in [0.15, 0.2) is 12.4 Å². The minimum Gasteiger partial charge on any atom is -0.482 e. The van der Waals surface area contributed by atoms with Crippen molar-refractivity contribution in [2.24, 2.45) is 0 Å². The highest BCUT2D eigenvalue weighted by molar-refractivity contribution is 7.17. The third-order valence-corrected chi connectivity index (χ3v) is 4.50. The first-order chi connectivity index (χ1) is 11.1. The smallest absolute Gasteiger partial charge is 0.229 e. The summed E-state index contributed by atoms with van der Waals surface area (Å²) in [7, 11) is 0. The Morgan fingerprint density at radius 3 is 3.09 bits per heavy atom. The molecule has 0 aromatic carbocycles. The molecular weight excluding hydrogens is 319 g/mol. The van der Waals surface area contributed by atoms with Gasteiger partial charge < -0.3 is 4.74 Å². The summed E-state index contributed by atoms with van der Waals surface area (Å²) in [6, 6.07) is 0. The first kappa shape index (κ1) is 14.1. The molecule has 118 valence electrons. The van der Waals surface area contributed by atoms with Gasteiger partial charge in [0.2, 0.25) is 11.0 Å². The molecule has 0 aliphatic carbocycles. The van der Waals surface area contributed by atoms with E-state index < -0.39 is 5.82 Å². The number of rotatable bonds is 2. The van der Waals surface area contributed by atoms with Crippen LogP contribution >= 0.6 is 11.3 Å². The number of hydrogen-bond acceptors (Lipinski definition) is 7. The summed E-state index contributed by atoms with van der Waals surface area (Å²) in [5, 5.41) is 11.4. The van der Waals surface area contributed by atoms with Gasteiger partial charge >= 0.3 is 0 Å². The highest BCUT2D eigenvalue weighted by Gasteiger charge is 2.26.